The zero-order valence-corrected chi connectivity index (χ0v) is 96.4. The molecule has 6 aliphatic heterocycles. The van der Waals surface area contributed by atoms with Gasteiger partial charge in [0.1, 0.15) is 0 Å². The van der Waals surface area contributed by atoms with Gasteiger partial charge in [-0.2, -0.15) is 0 Å². The number of epoxide rings is 2. The second-order valence-electron chi connectivity index (χ2n) is 36.9. The van der Waals surface area contributed by atoms with Crippen molar-refractivity contribution in [2.24, 2.45) is 0 Å². The van der Waals surface area contributed by atoms with E-state index >= 15 is 0 Å². The van der Waals surface area contributed by atoms with Crippen molar-refractivity contribution in [3.05, 3.63) is 274 Å². The topological polar surface area (TPSA) is 257 Å². The molecular formula is C91H145N3O23Si15. The van der Waals surface area contributed by atoms with Crippen LogP contribution in [0.2, 0.25) is 116 Å². The van der Waals surface area contributed by atoms with Crippen molar-refractivity contribution >= 4 is 171 Å². The fourth-order valence-electron chi connectivity index (χ4n) is 15.5. The van der Waals surface area contributed by atoms with Crippen molar-refractivity contribution < 1.29 is 84.5 Å². The molecule has 6 aliphatic rings. The third-order valence-corrected chi connectivity index (χ3v) is 75.2. The van der Waals surface area contributed by atoms with E-state index in [9.17, 15) is 14.4 Å². The van der Waals surface area contributed by atoms with Gasteiger partial charge < -0.3 is 84.5 Å². The van der Waals surface area contributed by atoms with E-state index in [1.54, 1.807) is 21.3 Å². The van der Waals surface area contributed by atoms with Crippen LogP contribution in [-0.4, -0.2) is 190 Å². The Morgan fingerprint density at radius 2 is 0.561 bits per heavy atom. The Morgan fingerprint density at radius 3 is 0.765 bits per heavy atom. The third kappa shape index (κ3) is 28.5. The lowest BCUT2D eigenvalue weighted by Crippen LogP contribution is -2.91. The lowest BCUT2D eigenvalue weighted by Gasteiger charge is -2.58. The van der Waals surface area contributed by atoms with Crippen molar-refractivity contribution in [3.63, 3.8) is 0 Å². The van der Waals surface area contributed by atoms with E-state index < -0.39 is 147 Å². The first kappa shape index (κ1) is 110. The van der Waals surface area contributed by atoms with E-state index in [1.165, 1.54) is 24.9 Å². The monoisotopic (exact) mass is 2070 g/mol. The number of nitrogens with zero attached hydrogens (tertiary/aromatic N) is 3. The fourth-order valence-corrected chi connectivity index (χ4v) is 82.1. The molecule has 0 spiro atoms. The summed E-state index contributed by atoms with van der Waals surface area (Å²) in [4.78, 5) is 37.1. The van der Waals surface area contributed by atoms with Gasteiger partial charge in [0.2, 0.25) is 0 Å². The van der Waals surface area contributed by atoms with Crippen LogP contribution in [0.1, 0.15) is 81.1 Å². The Labute approximate surface area is 801 Å². The molecule has 4 unspecified atom stereocenters. The molecule has 0 aliphatic carbocycles. The SMILES string of the molecule is C.CC.CCCCn1c(=O)n(CC2CO2)c(=O)n(CC2CO2)c1=O.CCC[Si](C)(C)O[Si](C)(C)CCC.CCC[Si](OC)(OC)OC.C[SiH](C)O[Si]1(c2ccccc2)O[Si]2(c3ccccc3)O[Si](O[Si](C)(C)C)(c3ccccc3)O[Si](c3ccccc3)(O1)O[Si]1(c3ccccc3)O[Si](O[Si](C)(C)C)(c3ccccc3)O[Si](c3ccccc3)(O[Si](O[Si](C)(C)C)(c3ccccc3)O1)O2. The average Bonchev–Trinajstić information content (AvgIpc) is 1.32. The highest BCUT2D eigenvalue weighted by atomic mass is 28.6. The van der Waals surface area contributed by atoms with Crippen LogP contribution in [0.15, 0.2) is 257 Å². The summed E-state index contributed by atoms with van der Waals surface area (Å²) in [5, 5.41) is 4.49. The molecule has 0 amide bonds. The van der Waals surface area contributed by atoms with Gasteiger partial charge in [-0.05, 0) is 117 Å². The number of hydrogen-bond acceptors (Lipinski definition) is 23. The number of ether oxygens (including phenoxy) is 2. The highest BCUT2D eigenvalue weighted by Gasteiger charge is 2.81. The van der Waals surface area contributed by atoms with Crippen LogP contribution >= 0.6 is 0 Å². The Morgan fingerprint density at radius 1 is 0.333 bits per heavy atom. The number of aromatic nitrogens is 3. The maximum atomic E-state index is 12.4. The number of rotatable bonds is 34. The average molecular weight is 2070 g/mol. The van der Waals surface area contributed by atoms with Gasteiger partial charge >= 0.3 is 96.3 Å². The summed E-state index contributed by atoms with van der Waals surface area (Å²) in [6.45, 7) is 47.1. The van der Waals surface area contributed by atoms with Crippen molar-refractivity contribution in [2.75, 3.05) is 34.5 Å². The van der Waals surface area contributed by atoms with Gasteiger partial charge in [-0.1, -0.05) is 317 Å². The molecule has 8 aromatic carbocycles. The lowest BCUT2D eigenvalue weighted by atomic mass is 10.3. The zero-order chi connectivity index (χ0) is 95.4. The van der Waals surface area contributed by atoms with E-state index in [0.29, 0.717) is 67.7 Å². The Hall–Kier alpha value is -5.38. The van der Waals surface area contributed by atoms with Gasteiger partial charge in [0.15, 0.2) is 50.6 Å². The molecule has 0 N–H and O–H groups in total. The summed E-state index contributed by atoms with van der Waals surface area (Å²) >= 11 is 0. The van der Waals surface area contributed by atoms with E-state index in [1.807, 2.05) is 263 Å². The standard InChI is InChI=1S/C59H74O14Si12.C13H19N3O5.C10H26OSi2.C6H16O3Si.C2H6.CH4/c1-74(2)60-78(52-36-20-12-21-37-52)64-82(56-44-28-16-29-45-56)66-79(61-75(3,4)5,53-38-22-13-23-39-53)67-83(65-78,57-46-30-17-31-47-57)73-85(59-50-34-19-35-51-59)69-80(62-76(6,7)8,54-40-24-14-25-41-54)68-84(72-82,58-48-32-18-33-49-58)70-81(71-85,63-77(9,10)11)55-42-26-15-27-43-55;1-2-3-4-14-11(17)15(5-9-7-20-9)13(19)16(12(14)18)6-10-8-21-10;1-7-9-12(3,4)11-13(5,6)10-8-2;1-5-6-10(7-2,8-3)9-4;1-2;/h12-51,74H,1-11H3;9-10H,2-8H2,1H3;7-10H2,1-6H3;5-6H2,1-4H3;1-2H3;1H4. The molecule has 0 saturated carbocycles. The molecule has 9 aromatic rings. The number of benzene rings is 8. The first-order chi connectivity index (χ1) is 62.1. The minimum atomic E-state index is -5.21. The minimum Gasteiger partial charge on any atom is -0.455 e. The smallest absolute Gasteiger partial charge is 0.455 e. The molecule has 722 valence electrons. The van der Waals surface area contributed by atoms with Gasteiger partial charge in [0.05, 0.1) is 38.5 Å². The van der Waals surface area contributed by atoms with Crippen molar-refractivity contribution in [1.82, 2.24) is 13.7 Å². The highest BCUT2D eigenvalue weighted by molar-refractivity contribution is 7.11. The summed E-state index contributed by atoms with van der Waals surface area (Å²) in [5.74, 6) is 0. The van der Waals surface area contributed by atoms with Crippen molar-refractivity contribution in [2.45, 2.75) is 229 Å². The Balaban J connectivity index is 0.000000338. The molecule has 6 fully saturated rings. The molecule has 132 heavy (non-hydrogen) atoms. The van der Waals surface area contributed by atoms with Crippen molar-refractivity contribution in [1.29, 1.82) is 0 Å². The second-order valence-corrected chi connectivity index (χ2v) is 88.7. The first-order valence-electron chi connectivity index (χ1n) is 45.9. The van der Waals surface area contributed by atoms with Crippen LogP contribution in [0.4, 0.5) is 0 Å². The lowest BCUT2D eigenvalue weighted by molar-refractivity contribution is 0.0486. The van der Waals surface area contributed by atoms with Crippen LogP contribution in [0, 0.1) is 0 Å². The fraction of sp³-hybridized carbons (Fsp3) is 0.440. The van der Waals surface area contributed by atoms with Gasteiger partial charge in [-0.15, -0.1) is 0 Å². The van der Waals surface area contributed by atoms with Crippen molar-refractivity contribution in [3.8, 4) is 0 Å². The molecule has 4 bridgehead atoms. The number of fused-ring (bicyclic) bond motifs is 4. The van der Waals surface area contributed by atoms with Crippen LogP contribution < -0.4 is 58.6 Å². The molecule has 7 heterocycles. The maximum Gasteiger partial charge on any atom is 0.515 e. The number of unbranched alkanes of at least 4 members (excludes halogenated alkanes) is 1. The van der Waals surface area contributed by atoms with E-state index in [0.717, 1.165) is 32.6 Å². The second kappa shape index (κ2) is 47.5. The molecule has 6 saturated heterocycles. The quantitative estimate of drug-likeness (QED) is 0.0268. The molecular weight excluding hydrogens is 1920 g/mol. The van der Waals surface area contributed by atoms with E-state index in [2.05, 4.69) is 119 Å². The summed E-state index contributed by atoms with van der Waals surface area (Å²) in [5.41, 5.74) is -1.65. The molecule has 41 heteroatoms. The number of hydrogen-bond donors (Lipinski definition) is 0. The van der Waals surface area contributed by atoms with Gasteiger partial charge in [-0.3, -0.25) is 0 Å². The van der Waals surface area contributed by atoms with E-state index in [4.69, 9.17) is 84.5 Å². The summed E-state index contributed by atoms with van der Waals surface area (Å²) in [6.07, 6.45) is 4.96. The molecule has 26 nitrogen and oxygen atoms in total. The van der Waals surface area contributed by atoms with Crippen LogP contribution in [0.25, 0.3) is 0 Å². The Bertz CT molecular complexity index is 4930. The summed E-state index contributed by atoms with van der Waals surface area (Å²) in [7, 11) is -51.0. The largest absolute Gasteiger partial charge is 0.515 e. The Kier molecular flexibility index (Phi) is 39.7. The summed E-state index contributed by atoms with van der Waals surface area (Å²) < 4.78 is 153. The first-order valence-corrected chi connectivity index (χ1v) is 80.9. The predicted octanol–water partition coefficient (Wildman–Crippen LogP) is 13.5. The molecule has 4 atom stereocenters. The van der Waals surface area contributed by atoms with E-state index in [-0.39, 0.29) is 32.7 Å². The van der Waals surface area contributed by atoms with Gasteiger partial charge in [0.25, 0.3) is 0 Å². The molecule has 0 radical (unpaired) electrons. The zero-order valence-electron chi connectivity index (χ0n) is 81.2. The molecule has 15 rings (SSSR count). The normalized spacial score (nSPS) is 24.9. The van der Waals surface area contributed by atoms with Gasteiger partial charge in [0, 0.05) is 75.4 Å². The minimum absolute atomic E-state index is 0. The molecule has 1 aromatic heterocycles. The predicted molar refractivity (Wildman–Crippen MR) is 559 cm³/mol. The van der Waals surface area contributed by atoms with Crippen LogP contribution in [0.5, 0.6) is 0 Å². The van der Waals surface area contributed by atoms with Gasteiger partial charge in [-0.25, -0.2) is 28.1 Å². The van der Waals surface area contributed by atoms with Crippen LogP contribution in [0.3, 0.4) is 0 Å². The third-order valence-electron chi connectivity index (χ3n) is 20.9. The van der Waals surface area contributed by atoms with Crippen LogP contribution in [-0.2, 0) is 104 Å². The maximum absolute atomic E-state index is 12.4. The highest BCUT2D eigenvalue weighted by Crippen LogP contribution is 2.45. The summed E-state index contributed by atoms with van der Waals surface area (Å²) in [6, 6.07) is 81.9.